The first kappa shape index (κ1) is 21.9. The first-order valence-corrected chi connectivity index (χ1v) is 11.5. The Morgan fingerprint density at radius 3 is 2.59 bits per heavy atom. The fraction of sp³-hybridized carbons (Fsp3) is 0.350. The van der Waals surface area contributed by atoms with Crippen molar-refractivity contribution in [2.24, 2.45) is 5.92 Å². The molecule has 0 radical (unpaired) electrons. The molecule has 0 bridgehead atoms. The van der Waals surface area contributed by atoms with Gasteiger partial charge in [-0.3, -0.25) is 4.79 Å². The van der Waals surface area contributed by atoms with Gasteiger partial charge in [-0.15, -0.1) is 0 Å². The van der Waals surface area contributed by atoms with Crippen molar-refractivity contribution in [2.45, 2.75) is 17.7 Å². The highest BCUT2D eigenvalue weighted by Gasteiger charge is 2.33. The molecule has 2 aromatic carbocycles. The number of halogens is 2. The highest BCUT2D eigenvalue weighted by Crippen LogP contribution is 2.25. The van der Waals surface area contributed by atoms with Crippen LogP contribution in [0.1, 0.15) is 12.8 Å². The lowest BCUT2D eigenvalue weighted by atomic mass is 9.99. The Balaban J connectivity index is 1.52. The Hall–Kier alpha value is -1.80. The van der Waals surface area contributed by atoms with Crippen LogP contribution < -0.4 is 10.1 Å². The summed E-state index contributed by atoms with van der Waals surface area (Å²) in [6, 6.07) is 13.2. The van der Waals surface area contributed by atoms with E-state index < -0.39 is 15.9 Å². The minimum atomic E-state index is -3.66. The number of amides is 1. The third-order valence-electron chi connectivity index (χ3n) is 4.70. The van der Waals surface area contributed by atoms with Gasteiger partial charge in [-0.25, -0.2) is 8.42 Å². The summed E-state index contributed by atoms with van der Waals surface area (Å²) >= 11 is 11.9. The van der Waals surface area contributed by atoms with E-state index in [2.05, 4.69) is 5.32 Å². The second-order valence-electron chi connectivity index (χ2n) is 6.73. The minimum Gasteiger partial charge on any atom is -0.490 e. The van der Waals surface area contributed by atoms with Crippen LogP contribution in [0.25, 0.3) is 0 Å². The number of benzene rings is 2. The van der Waals surface area contributed by atoms with Gasteiger partial charge in [0.1, 0.15) is 12.4 Å². The van der Waals surface area contributed by atoms with Crippen LogP contribution in [0.2, 0.25) is 10.0 Å². The fourth-order valence-corrected chi connectivity index (χ4v) is 5.01. The van der Waals surface area contributed by atoms with Gasteiger partial charge in [-0.05, 0) is 49.2 Å². The lowest BCUT2D eigenvalue weighted by Gasteiger charge is -2.31. The van der Waals surface area contributed by atoms with Crippen molar-refractivity contribution in [1.82, 2.24) is 9.62 Å². The second-order valence-corrected chi connectivity index (χ2v) is 9.51. The number of nitrogens with one attached hydrogen (secondary N) is 1. The zero-order valence-electron chi connectivity index (χ0n) is 15.7. The van der Waals surface area contributed by atoms with E-state index in [1.165, 1.54) is 16.4 Å². The monoisotopic (exact) mass is 456 g/mol. The van der Waals surface area contributed by atoms with Crippen molar-refractivity contribution in [3.8, 4) is 5.75 Å². The molecule has 3 rings (SSSR count). The molecule has 1 heterocycles. The average Bonchev–Trinajstić information content (AvgIpc) is 2.72. The van der Waals surface area contributed by atoms with E-state index in [-0.39, 0.29) is 24.0 Å². The average molecular weight is 457 g/mol. The van der Waals surface area contributed by atoms with Gasteiger partial charge in [-0.2, -0.15) is 4.31 Å². The van der Waals surface area contributed by atoms with Crippen molar-refractivity contribution >= 4 is 39.1 Å². The number of sulfonamides is 1. The molecule has 1 aliphatic heterocycles. The molecule has 2 aromatic rings. The highest BCUT2D eigenvalue weighted by atomic mass is 35.5. The molecule has 1 N–H and O–H groups in total. The van der Waals surface area contributed by atoms with Gasteiger partial charge in [0.05, 0.1) is 22.4 Å². The Labute approximate surface area is 180 Å². The molecule has 9 heteroatoms. The molecule has 29 heavy (non-hydrogen) atoms. The van der Waals surface area contributed by atoms with Gasteiger partial charge in [0.15, 0.2) is 0 Å². The van der Waals surface area contributed by atoms with Crippen LogP contribution in [-0.4, -0.2) is 44.9 Å². The van der Waals surface area contributed by atoms with Crippen molar-refractivity contribution < 1.29 is 17.9 Å². The number of para-hydroxylation sites is 1. The summed E-state index contributed by atoms with van der Waals surface area (Å²) in [5.41, 5.74) is 0. The summed E-state index contributed by atoms with van der Waals surface area (Å²) in [4.78, 5) is 12.7. The second kappa shape index (κ2) is 9.80. The number of rotatable bonds is 7. The molecule has 1 aliphatic rings. The molecule has 0 saturated carbocycles. The normalized spacial score (nSPS) is 17.7. The van der Waals surface area contributed by atoms with E-state index in [9.17, 15) is 13.2 Å². The summed E-state index contributed by atoms with van der Waals surface area (Å²) in [5.74, 6) is -0.0174. The molecule has 0 aromatic heterocycles. The summed E-state index contributed by atoms with van der Waals surface area (Å²) in [6.07, 6.45) is 1.27. The number of carbonyl (C=O) groups is 1. The number of nitrogens with zero attached hydrogens (tertiary/aromatic N) is 1. The zero-order chi connectivity index (χ0) is 20.9. The molecule has 1 saturated heterocycles. The molecule has 6 nitrogen and oxygen atoms in total. The zero-order valence-corrected chi connectivity index (χ0v) is 18.0. The van der Waals surface area contributed by atoms with E-state index in [0.29, 0.717) is 41.7 Å². The highest BCUT2D eigenvalue weighted by molar-refractivity contribution is 7.89. The van der Waals surface area contributed by atoms with Crippen LogP contribution in [0, 0.1) is 5.92 Å². The van der Waals surface area contributed by atoms with Gasteiger partial charge in [0, 0.05) is 18.1 Å². The van der Waals surface area contributed by atoms with E-state index >= 15 is 0 Å². The quantitative estimate of drug-likeness (QED) is 0.645. The largest absolute Gasteiger partial charge is 0.490 e. The molecule has 0 spiro atoms. The standard InChI is InChI=1S/C20H22Cl2N2O4S/c21-16-7-9-17(10-8-16)29(26,27)24-12-3-4-15(14-24)20(25)23-11-13-28-19-6-2-1-5-18(19)22/h1-2,5-10,15H,3-4,11-14H2,(H,23,25)/t15-/m1/s1. The summed E-state index contributed by atoms with van der Waals surface area (Å²) in [5, 5.41) is 3.80. The Morgan fingerprint density at radius 2 is 1.86 bits per heavy atom. The first-order chi connectivity index (χ1) is 13.9. The maximum Gasteiger partial charge on any atom is 0.243 e. The molecule has 0 aliphatic carbocycles. The van der Waals surface area contributed by atoms with Crippen LogP contribution in [0.4, 0.5) is 0 Å². The van der Waals surface area contributed by atoms with Gasteiger partial charge in [-0.1, -0.05) is 35.3 Å². The van der Waals surface area contributed by atoms with Crippen LogP contribution in [0.5, 0.6) is 5.75 Å². The number of hydrogen-bond donors (Lipinski definition) is 1. The van der Waals surface area contributed by atoms with Crippen LogP contribution in [-0.2, 0) is 14.8 Å². The topological polar surface area (TPSA) is 75.7 Å². The molecule has 0 unspecified atom stereocenters. The third-order valence-corrected chi connectivity index (χ3v) is 7.15. The minimum absolute atomic E-state index is 0.155. The van der Waals surface area contributed by atoms with E-state index in [4.69, 9.17) is 27.9 Å². The molecular formula is C20H22Cl2N2O4S. The number of piperidine rings is 1. The molecule has 156 valence electrons. The first-order valence-electron chi connectivity index (χ1n) is 9.28. The van der Waals surface area contributed by atoms with Crippen molar-refractivity contribution in [3.05, 3.63) is 58.6 Å². The molecule has 1 amide bonds. The molecule has 1 atom stereocenters. The van der Waals surface area contributed by atoms with Crippen LogP contribution in [0.3, 0.4) is 0 Å². The fourth-order valence-electron chi connectivity index (χ4n) is 3.17. The third kappa shape index (κ3) is 5.63. The summed E-state index contributed by atoms with van der Waals surface area (Å²) < 4.78 is 32.6. The Bertz CT molecular complexity index is 951. The summed E-state index contributed by atoms with van der Waals surface area (Å²) in [6.45, 7) is 1.13. The predicted molar refractivity (Wildman–Crippen MR) is 113 cm³/mol. The van der Waals surface area contributed by atoms with Crippen LogP contribution in [0.15, 0.2) is 53.4 Å². The molecule has 1 fully saturated rings. The van der Waals surface area contributed by atoms with Crippen LogP contribution >= 0.6 is 23.2 Å². The van der Waals surface area contributed by atoms with Gasteiger partial charge in [0.25, 0.3) is 0 Å². The maximum absolute atomic E-state index is 12.8. The van der Waals surface area contributed by atoms with Gasteiger partial charge < -0.3 is 10.1 Å². The van der Waals surface area contributed by atoms with Crippen molar-refractivity contribution in [2.75, 3.05) is 26.2 Å². The smallest absolute Gasteiger partial charge is 0.243 e. The Morgan fingerprint density at radius 1 is 1.14 bits per heavy atom. The number of hydrogen-bond acceptors (Lipinski definition) is 4. The Kier molecular flexibility index (Phi) is 7.40. The van der Waals surface area contributed by atoms with Crippen molar-refractivity contribution in [1.29, 1.82) is 0 Å². The predicted octanol–water partition coefficient (Wildman–Crippen LogP) is 3.59. The van der Waals surface area contributed by atoms with Gasteiger partial charge in [0.2, 0.25) is 15.9 Å². The summed E-state index contributed by atoms with van der Waals surface area (Å²) in [7, 11) is -3.66. The van der Waals surface area contributed by atoms with E-state index in [1.807, 2.05) is 12.1 Å². The number of ether oxygens (including phenoxy) is 1. The molecular weight excluding hydrogens is 435 g/mol. The lowest BCUT2D eigenvalue weighted by molar-refractivity contribution is -0.126. The lowest BCUT2D eigenvalue weighted by Crippen LogP contribution is -2.45. The van der Waals surface area contributed by atoms with E-state index in [1.54, 1.807) is 24.3 Å². The SMILES string of the molecule is O=C(NCCOc1ccccc1Cl)[C@@H]1CCCN(S(=O)(=O)c2ccc(Cl)cc2)C1. The number of carbonyl (C=O) groups excluding carboxylic acids is 1. The maximum atomic E-state index is 12.8. The van der Waals surface area contributed by atoms with Crippen molar-refractivity contribution in [3.63, 3.8) is 0 Å². The van der Waals surface area contributed by atoms with Gasteiger partial charge >= 0.3 is 0 Å². The van der Waals surface area contributed by atoms with E-state index in [0.717, 1.165) is 0 Å².